The number of hydrogen-bond acceptors (Lipinski definition) is 1. The molecule has 1 aliphatic heterocycles. The lowest BCUT2D eigenvalue weighted by Crippen LogP contribution is -2.15. The summed E-state index contributed by atoms with van der Waals surface area (Å²) in [4.78, 5) is 4.03. The topological polar surface area (TPSA) is 12.4 Å². The second-order valence-electron chi connectivity index (χ2n) is 1.93. The molecule has 0 aromatic heterocycles. The molecule has 1 rings (SSSR count). The van der Waals surface area contributed by atoms with Crippen molar-refractivity contribution in [1.29, 1.82) is 0 Å². The third kappa shape index (κ3) is 1.99. The minimum Gasteiger partial charge on any atom is -0.290 e. The first-order valence-electron chi connectivity index (χ1n) is 2.71. The van der Waals surface area contributed by atoms with Crippen molar-refractivity contribution in [2.75, 3.05) is 6.54 Å². The molecule has 0 atom stereocenters. The van der Waals surface area contributed by atoms with Crippen LogP contribution in [-0.2, 0) is 0 Å². The molecule has 0 unspecified atom stereocenters. The van der Waals surface area contributed by atoms with Gasteiger partial charge in [-0.05, 0) is 12.8 Å². The lowest BCUT2D eigenvalue weighted by molar-refractivity contribution is 0.950. The number of hydrogen-bond donors (Lipinski definition) is 0. The summed E-state index contributed by atoms with van der Waals surface area (Å²) in [5.74, 6) is 0. The van der Waals surface area contributed by atoms with E-state index < -0.39 is 3.79 Å². The zero-order valence-electron chi connectivity index (χ0n) is 4.70. The first-order valence-corrected chi connectivity index (χ1v) is 3.84. The summed E-state index contributed by atoms with van der Waals surface area (Å²) in [5.41, 5.74) is 0.701. The fourth-order valence-electron chi connectivity index (χ4n) is 0.771. The molecule has 1 nitrogen and oxygen atoms in total. The lowest BCUT2D eigenvalue weighted by Gasteiger charge is -2.08. The Labute approximate surface area is 69.0 Å². The van der Waals surface area contributed by atoms with Gasteiger partial charge in [0, 0.05) is 6.54 Å². The highest BCUT2D eigenvalue weighted by atomic mass is 35.6. The van der Waals surface area contributed by atoms with E-state index in [2.05, 4.69) is 4.99 Å². The van der Waals surface area contributed by atoms with Gasteiger partial charge in [-0.1, -0.05) is 34.8 Å². The molecule has 1 aliphatic rings. The Morgan fingerprint density at radius 1 is 1.33 bits per heavy atom. The van der Waals surface area contributed by atoms with Crippen molar-refractivity contribution in [1.82, 2.24) is 0 Å². The van der Waals surface area contributed by atoms with Crippen LogP contribution in [0.3, 0.4) is 0 Å². The maximum atomic E-state index is 5.54. The van der Waals surface area contributed by atoms with Gasteiger partial charge in [-0.2, -0.15) is 0 Å². The van der Waals surface area contributed by atoms with Crippen LogP contribution in [0.5, 0.6) is 0 Å². The first-order chi connectivity index (χ1) is 4.11. The molecule has 0 fully saturated rings. The lowest BCUT2D eigenvalue weighted by atomic mass is 10.3. The van der Waals surface area contributed by atoms with Gasteiger partial charge in [0.2, 0.25) is 3.79 Å². The third-order valence-corrected chi connectivity index (χ3v) is 1.86. The van der Waals surface area contributed by atoms with E-state index in [1.165, 1.54) is 0 Å². The maximum absolute atomic E-state index is 5.54. The van der Waals surface area contributed by atoms with Gasteiger partial charge in [-0.15, -0.1) is 0 Å². The van der Waals surface area contributed by atoms with Gasteiger partial charge in [-0.25, -0.2) is 0 Å². The van der Waals surface area contributed by atoms with Crippen molar-refractivity contribution in [3.63, 3.8) is 0 Å². The predicted molar refractivity (Wildman–Crippen MR) is 41.8 cm³/mol. The summed E-state index contributed by atoms with van der Waals surface area (Å²) in [6, 6.07) is 0. The summed E-state index contributed by atoms with van der Waals surface area (Å²) in [6.45, 7) is 0.809. The summed E-state index contributed by atoms with van der Waals surface area (Å²) < 4.78 is -1.25. The highest BCUT2D eigenvalue weighted by molar-refractivity contribution is 6.76. The van der Waals surface area contributed by atoms with Crippen LogP contribution in [0, 0.1) is 0 Å². The number of aliphatic imine (C=N–C) groups is 1. The van der Waals surface area contributed by atoms with Gasteiger partial charge in [0.1, 0.15) is 0 Å². The number of rotatable bonds is 0. The summed E-state index contributed by atoms with van der Waals surface area (Å²) in [5, 5.41) is 0. The van der Waals surface area contributed by atoms with Crippen molar-refractivity contribution in [3.05, 3.63) is 0 Å². The molecule has 0 N–H and O–H groups in total. The largest absolute Gasteiger partial charge is 0.290 e. The fourth-order valence-corrected chi connectivity index (χ4v) is 1.23. The molecular formula is C5H6Cl3N. The van der Waals surface area contributed by atoms with Gasteiger partial charge in [0.05, 0.1) is 5.71 Å². The SMILES string of the molecule is ClC(Cl)(Cl)C1=NCCC1. The second-order valence-corrected chi connectivity index (χ2v) is 4.21. The molecule has 0 radical (unpaired) electrons. The third-order valence-electron chi connectivity index (χ3n) is 1.20. The Morgan fingerprint density at radius 2 is 2.00 bits per heavy atom. The van der Waals surface area contributed by atoms with Gasteiger partial charge in [0.25, 0.3) is 0 Å². The van der Waals surface area contributed by atoms with Crippen LogP contribution in [0.2, 0.25) is 0 Å². The van der Waals surface area contributed by atoms with Crippen molar-refractivity contribution in [2.45, 2.75) is 16.6 Å². The molecule has 0 bridgehead atoms. The van der Waals surface area contributed by atoms with Gasteiger partial charge < -0.3 is 0 Å². The monoisotopic (exact) mass is 185 g/mol. The van der Waals surface area contributed by atoms with Crippen LogP contribution in [0.15, 0.2) is 4.99 Å². The molecular weight excluding hydrogens is 180 g/mol. The molecule has 0 saturated carbocycles. The molecule has 52 valence electrons. The normalized spacial score (nSPS) is 20.1. The average molecular weight is 186 g/mol. The van der Waals surface area contributed by atoms with Crippen LogP contribution >= 0.6 is 34.8 Å². The Bertz CT molecular complexity index is 136. The number of nitrogens with zero attached hydrogens (tertiary/aromatic N) is 1. The van der Waals surface area contributed by atoms with Gasteiger partial charge in [0.15, 0.2) is 0 Å². The van der Waals surface area contributed by atoms with E-state index in [9.17, 15) is 0 Å². The Hall–Kier alpha value is 0.540. The average Bonchev–Trinajstić information content (AvgIpc) is 2.08. The molecule has 0 amide bonds. The molecule has 0 spiro atoms. The van der Waals surface area contributed by atoms with Crippen molar-refractivity contribution in [2.24, 2.45) is 4.99 Å². The minimum atomic E-state index is -1.25. The van der Waals surface area contributed by atoms with Crippen molar-refractivity contribution < 1.29 is 0 Å². The van der Waals surface area contributed by atoms with E-state index in [0.717, 1.165) is 19.4 Å². The maximum Gasteiger partial charge on any atom is 0.228 e. The molecule has 9 heavy (non-hydrogen) atoms. The summed E-state index contributed by atoms with van der Waals surface area (Å²) in [6.07, 6.45) is 1.85. The second kappa shape index (κ2) is 2.65. The van der Waals surface area contributed by atoms with E-state index in [1.807, 2.05) is 0 Å². The zero-order valence-corrected chi connectivity index (χ0v) is 6.97. The highest BCUT2D eigenvalue weighted by Crippen LogP contribution is 2.31. The van der Waals surface area contributed by atoms with Crippen molar-refractivity contribution >= 4 is 40.5 Å². The van der Waals surface area contributed by atoms with Gasteiger partial charge >= 0.3 is 0 Å². The standard InChI is InChI=1S/C5H6Cl3N/c6-5(7,8)4-2-1-3-9-4/h1-3H2. The molecule has 0 aromatic rings. The molecule has 0 aromatic carbocycles. The van der Waals surface area contributed by atoms with Gasteiger partial charge in [-0.3, -0.25) is 4.99 Å². The van der Waals surface area contributed by atoms with Crippen LogP contribution < -0.4 is 0 Å². The smallest absolute Gasteiger partial charge is 0.228 e. The molecule has 4 heteroatoms. The van der Waals surface area contributed by atoms with Crippen LogP contribution in [0.4, 0.5) is 0 Å². The predicted octanol–water partition coefficient (Wildman–Crippen LogP) is 2.59. The molecule has 1 heterocycles. The van der Waals surface area contributed by atoms with Crippen molar-refractivity contribution in [3.8, 4) is 0 Å². The molecule has 0 aliphatic carbocycles. The number of halogens is 3. The Kier molecular flexibility index (Phi) is 2.25. The van der Waals surface area contributed by atoms with Crippen LogP contribution in [-0.4, -0.2) is 16.0 Å². The van der Waals surface area contributed by atoms with E-state index in [0.29, 0.717) is 5.71 Å². The van der Waals surface area contributed by atoms with E-state index >= 15 is 0 Å². The highest BCUT2D eigenvalue weighted by Gasteiger charge is 2.28. The van der Waals surface area contributed by atoms with Crippen LogP contribution in [0.1, 0.15) is 12.8 Å². The first kappa shape index (κ1) is 7.64. The quantitative estimate of drug-likeness (QED) is 0.516. The van der Waals surface area contributed by atoms with Crippen LogP contribution in [0.25, 0.3) is 0 Å². The summed E-state index contributed by atoms with van der Waals surface area (Å²) in [7, 11) is 0. The number of alkyl halides is 3. The van der Waals surface area contributed by atoms with E-state index in [-0.39, 0.29) is 0 Å². The summed E-state index contributed by atoms with van der Waals surface area (Å²) >= 11 is 16.6. The Balaban J connectivity index is 2.61. The van der Waals surface area contributed by atoms with E-state index in [4.69, 9.17) is 34.8 Å². The molecule has 0 saturated heterocycles. The van der Waals surface area contributed by atoms with E-state index in [1.54, 1.807) is 0 Å². The minimum absolute atomic E-state index is 0.701. The zero-order chi connectivity index (χ0) is 6.91. The Morgan fingerprint density at radius 3 is 2.22 bits per heavy atom. The fraction of sp³-hybridized carbons (Fsp3) is 0.800.